The Hall–Kier alpha value is -1.78. The van der Waals surface area contributed by atoms with E-state index in [0.29, 0.717) is 29.2 Å². The first-order valence-corrected chi connectivity index (χ1v) is 10.1. The molecule has 0 bridgehead atoms. The van der Waals surface area contributed by atoms with Crippen LogP contribution in [0.1, 0.15) is 24.8 Å². The molecule has 26 heavy (non-hydrogen) atoms. The molecule has 10 heteroatoms. The molecule has 1 unspecified atom stereocenters. The number of nitrogens with zero attached hydrogens (tertiary/aromatic N) is 1. The molecule has 2 aliphatic rings. The van der Waals surface area contributed by atoms with Crippen molar-refractivity contribution in [1.29, 1.82) is 0 Å². The van der Waals surface area contributed by atoms with Gasteiger partial charge in [-0.2, -0.15) is 8.42 Å². The number of hydrogen-bond donors (Lipinski definition) is 1. The normalized spacial score (nSPS) is 25.0. The number of anilines is 1. The van der Waals surface area contributed by atoms with Crippen LogP contribution in [0.2, 0.25) is 0 Å². The summed E-state index contributed by atoms with van der Waals surface area (Å²) >= 11 is 4.93. The second kappa shape index (κ2) is 7.45. The van der Waals surface area contributed by atoms with E-state index in [9.17, 15) is 17.6 Å². The maximum atomic E-state index is 14.5. The van der Waals surface area contributed by atoms with Gasteiger partial charge in [0.1, 0.15) is 11.9 Å². The topological polar surface area (TPSA) is 84.9 Å². The highest BCUT2D eigenvalue weighted by Gasteiger charge is 2.33. The quantitative estimate of drug-likeness (QED) is 0.608. The Morgan fingerprint density at radius 3 is 2.85 bits per heavy atom. The van der Waals surface area contributed by atoms with Crippen molar-refractivity contribution in [3.63, 3.8) is 0 Å². The second-order valence-electron chi connectivity index (χ2n) is 6.29. The van der Waals surface area contributed by atoms with Gasteiger partial charge in [-0.3, -0.25) is 9.08 Å². The third-order valence-electron chi connectivity index (χ3n) is 4.35. The summed E-state index contributed by atoms with van der Waals surface area (Å²) in [6.45, 7) is 2.34. The highest BCUT2D eigenvalue weighted by molar-refractivity contribution is 7.86. The number of nitrogens with one attached hydrogen (secondary N) is 1. The molecule has 3 rings (SSSR count). The molecule has 0 aromatic heterocycles. The Labute approximate surface area is 156 Å². The molecule has 142 valence electrons. The van der Waals surface area contributed by atoms with Crippen molar-refractivity contribution >= 4 is 39.1 Å². The van der Waals surface area contributed by atoms with E-state index in [1.165, 1.54) is 11.0 Å². The molecule has 2 atom stereocenters. The van der Waals surface area contributed by atoms with Gasteiger partial charge < -0.3 is 10.1 Å². The lowest BCUT2D eigenvalue weighted by Gasteiger charge is -2.23. The molecule has 1 aromatic rings. The summed E-state index contributed by atoms with van der Waals surface area (Å²) in [5, 5.41) is 2.94. The van der Waals surface area contributed by atoms with Gasteiger partial charge in [0.05, 0.1) is 36.1 Å². The third-order valence-corrected chi connectivity index (χ3v) is 5.73. The lowest BCUT2D eigenvalue weighted by molar-refractivity contribution is 0.143. The van der Waals surface area contributed by atoms with Gasteiger partial charge in [0.15, 0.2) is 0 Å². The fourth-order valence-electron chi connectivity index (χ4n) is 2.97. The van der Waals surface area contributed by atoms with Crippen LogP contribution in [0.5, 0.6) is 0 Å². The molecule has 0 spiro atoms. The van der Waals surface area contributed by atoms with Crippen LogP contribution in [0, 0.1) is 5.82 Å². The Bertz CT molecular complexity index is 816. The van der Waals surface area contributed by atoms with Gasteiger partial charge >= 0.3 is 6.09 Å². The van der Waals surface area contributed by atoms with Crippen molar-refractivity contribution < 1.29 is 26.5 Å². The molecule has 1 aromatic carbocycles. The number of amides is 1. The minimum atomic E-state index is -3.49. The molecule has 0 saturated carbocycles. The Balaban J connectivity index is 1.69. The SMILES string of the molecule is CC(=S)NC[C@H]1CN(c2ccc(C3CCS(=O)(=O)OC3)c(F)c2)C(=O)O1. The van der Waals surface area contributed by atoms with E-state index < -0.39 is 22.0 Å². The minimum Gasteiger partial charge on any atom is -0.442 e. The van der Waals surface area contributed by atoms with E-state index in [0.717, 1.165) is 0 Å². The molecule has 7 nitrogen and oxygen atoms in total. The Kier molecular flexibility index (Phi) is 5.44. The fraction of sp³-hybridized carbons (Fsp3) is 0.500. The number of carbonyl (C=O) groups is 1. The molecular weight excluding hydrogens is 383 g/mol. The van der Waals surface area contributed by atoms with E-state index in [1.54, 1.807) is 19.1 Å². The predicted molar refractivity (Wildman–Crippen MR) is 97.4 cm³/mol. The fourth-order valence-corrected chi connectivity index (χ4v) is 4.12. The number of cyclic esters (lactones) is 1. The Morgan fingerprint density at radius 2 is 2.23 bits per heavy atom. The van der Waals surface area contributed by atoms with Gasteiger partial charge in [0, 0.05) is 5.92 Å². The zero-order chi connectivity index (χ0) is 18.9. The van der Waals surface area contributed by atoms with Gasteiger partial charge in [-0.05, 0) is 31.0 Å². The number of halogens is 1. The van der Waals surface area contributed by atoms with Crippen LogP contribution in [0.3, 0.4) is 0 Å². The summed E-state index contributed by atoms with van der Waals surface area (Å²) in [4.78, 5) is 14.0. The van der Waals surface area contributed by atoms with Crippen molar-refractivity contribution in [2.75, 3.05) is 30.3 Å². The van der Waals surface area contributed by atoms with Crippen LogP contribution in [0.4, 0.5) is 14.9 Å². The van der Waals surface area contributed by atoms with Crippen molar-refractivity contribution in [1.82, 2.24) is 5.32 Å². The van der Waals surface area contributed by atoms with Crippen LogP contribution >= 0.6 is 12.2 Å². The van der Waals surface area contributed by atoms with Gasteiger partial charge in [-0.1, -0.05) is 18.3 Å². The smallest absolute Gasteiger partial charge is 0.414 e. The number of ether oxygens (including phenoxy) is 1. The van der Waals surface area contributed by atoms with Crippen LogP contribution in [-0.2, 0) is 19.0 Å². The Morgan fingerprint density at radius 1 is 1.46 bits per heavy atom. The summed E-state index contributed by atoms with van der Waals surface area (Å²) in [6.07, 6.45) is -0.618. The lowest BCUT2D eigenvalue weighted by Crippen LogP contribution is -2.32. The van der Waals surface area contributed by atoms with Crippen molar-refractivity contribution in [2.24, 2.45) is 0 Å². The largest absolute Gasteiger partial charge is 0.442 e. The third kappa shape index (κ3) is 4.30. The first kappa shape index (κ1) is 19.0. The van der Waals surface area contributed by atoms with E-state index in [2.05, 4.69) is 5.32 Å². The molecule has 2 saturated heterocycles. The average Bonchev–Trinajstić information content (AvgIpc) is 2.94. The van der Waals surface area contributed by atoms with E-state index in [-0.39, 0.29) is 30.9 Å². The predicted octanol–water partition coefficient (Wildman–Crippen LogP) is 1.92. The molecular formula is C16H19FN2O5S2. The van der Waals surface area contributed by atoms with E-state index >= 15 is 0 Å². The molecule has 2 heterocycles. The maximum absolute atomic E-state index is 14.5. The van der Waals surface area contributed by atoms with Crippen molar-refractivity contribution in [2.45, 2.75) is 25.4 Å². The average molecular weight is 402 g/mol. The van der Waals surface area contributed by atoms with Crippen LogP contribution in [0.25, 0.3) is 0 Å². The van der Waals surface area contributed by atoms with Gasteiger partial charge in [0.25, 0.3) is 10.1 Å². The van der Waals surface area contributed by atoms with Crippen LogP contribution in [-0.4, -0.2) is 51.1 Å². The summed E-state index contributed by atoms with van der Waals surface area (Å²) in [5.41, 5.74) is 0.771. The number of hydrogen-bond acceptors (Lipinski definition) is 6. The number of thiocarbonyl (C=S) groups is 1. The van der Waals surface area contributed by atoms with Crippen LogP contribution in [0.15, 0.2) is 18.2 Å². The molecule has 1 N–H and O–H groups in total. The minimum absolute atomic E-state index is 0.0744. The van der Waals surface area contributed by atoms with Crippen molar-refractivity contribution in [3.8, 4) is 0 Å². The number of benzene rings is 1. The number of carbonyl (C=O) groups excluding carboxylic acids is 1. The van der Waals surface area contributed by atoms with Gasteiger partial charge in [-0.15, -0.1) is 0 Å². The summed E-state index contributed by atoms with van der Waals surface area (Å²) in [6, 6.07) is 4.46. The van der Waals surface area contributed by atoms with Gasteiger partial charge in [-0.25, -0.2) is 9.18 Å². The molecule has 2 aliphatic heterocycles. The zero-order valence-electron chi connectivity index (χ0n) is 14.1. The molecule has 0 aliphatic carbocycles. The standard InChI is InChI=1S/C16H19FN2O5S2/c1-10(25)18-7-13-8-19(16(20)24-13)12-2-3-14(15(17)6-12)11-4-5-26(21,22)23-9-11/h2-3,6,11,13H,4-5,7-9H2,1H3,(H,18,25)/t11?,13-/m0/s1. The molecule has 2 fully saturated rings. The van der Waals surface area contributed by atoms with E-state index in [1.807, 2.05) is 0 Å². The van der Waals surface area contributed by atoms with Crippen molar-refractivity contribution in [3.05, 3.63) is 29.6 Å². The highest BCUT2D eigenvalue weighted by atomic mass is 32.2. The number of rotatable bonds is 4. The van der Waals surface area contributed by atoms with Gasteiger partial charge in [0.2, 0.25) is 0 Å². The monoisotopic (exact) mass is 402 g/mol. The zero-order valence-corrected chi connectivity index (χ0v) is 15.7. The molecule has 1 amide bonds. The molecule has 0 radical (unpaired) electrons. The summed E-state index contributed by atoms with van der Waals surface area (Å²) in [7, 11) is -3.49. The summed E-state index contributed by atoms with van der Waals surface area (Å²) < 4.78 is 47.2. The second-order valence-corrected chi connectivity index (χ2v) is 8.66. The first-order valence-electron chi connectivity index (χ1n) is 8.14. The van der Waals surface area contributed by atoms with E-state index in [4.69, 9.17) is 21.1 Å². The van der Waals surface area contributed by atoms with Crippen LogP contribution < -0.4 is 10.2 Å². The maximum Gasteiger partial charge on any atom is 0.414 e. The lowest BCUT2D eigenvalue weighted by atomic mass is 9.96. The summed E-state index contributed by atoms with van der Waals surface area (Å²) in [5.74, 6) is -0.967. The first-order chi connectivity index (χ1) is 12.2. The highest BCUT2D eigenvalue weighted by Crippen LogP contribution is 2.31.